The third-order valence-electron chi connectivity index (χ3n) is 3.63. The van der Waals surface area contributed by atoms with Gasteiger partial charge in [0.05, 0.1) is 6.42 Å². The van der Waals surface area contributed by atoms with Gasteiger partial charge in [-0.05, 0) is 23.6 Å². The first-order valence-corrected chi connectivity index (χ1v) is 7.33. The molecule has 110 valence electrons. The molecule has 3 nitrogen and oxygen atoms in total. The van der Waals surface area contributed by atoms with Gasteiger partial charge in [0.1, 0.15) is 0 Å². The number of likely N-dealkylation sites (N-methyl/N-ethyl adjacent to an activating group) is 1. The minimum absolute atomic E-state index is 0.149. The van der Waals surface area contributed by atoms with E-state index in [0.29, 0.717) is 26.1 Å². The molecule has 2 aromatic rings. The summed E-state index contributed by atoms with van der Waals surface area (Å²) in [6.07, 6.45) is 0.444. The van der Waals surface area contributed by atoms with Crippen LogP contribution in [0.5, 0.6) is 0 Å². The molecule has 0 aliphatic rings. The average Bonchev–Trinajstić information content (AvgIpc) is 2.53. The summed E-state index contributed by atoms with van der Waals surface area (Å²) in [6, 6.07) is 17.9. The molecule has 0 aromatic heterocycles. The lowest BCUT2D eigenvalue weighted by Gasteiger charge is -2.22. The van der Waals surface area contributed by atoms with Gasteiger partial charge < -0.3 is 10.6 Å². The largest absolute Gasteiger partial charge is 0.338 e. The van der Waals surface area contributed by atoms with Crippen molar-refractivity contribution in [3.8, 4) is 0 Å². The van der Waals surface area contributed by atoms with Crippen molar-refractivity contribution >= 4 is 5.91 Å². The fourth-order valence-corrected chi connectivity index (χ4v) is 2.38. The maximum Gasteiger partial charge on any atom is 0.227 e. The molecule has 1 amide bonds. The molecule has 0 spiro atoms. The van der Waals surface area contributed by atoms with E-state index in [1.807, 2.05) is 66.4 Å². The number of benzene rings is 2. The highest BCUT2D eigenvalue weighted by atomic mass is 16.2. The first-order chi connectivity index (χ1) is 10.2. The SMILES string of the molecule is CCN(Cc1ccccc1CN)C(=O)Cc1ccccc1. The van der Waals surface area contributed by atoms with Gasteiger partial charge in [0.25, 0.3) is 0 Å². The monoisotopic (exact) mass is 282 g/mol. The Morgan fingerprint density at radius 1 is 1.00 bits per heavy atom. The number of carbonyl (C=O) groups is 1. The van der Waals surface area contributed by atoms with Gasteiger partial charge >= 0.3 is 0 Å². The molecular weight excluding hydrogens is 260 g/mol. The maximum absolute atomic E-state index is 12.4. The minimum atomic E-state index is 0.149. The Morgan fingerprint density at radius 2 is 1.62 bits per heavy atom. The van der Waals surface area contributed by atoms with Crippen LogP contribution in [0.3, 0.4) is 0 Å². The van der Waals surface area contributed by atoms with Gasteiger partial charge in [-0.1, -0.05) is 54.6 Å². The summed E-state index contributed by atoms with van der Waals surface area (Å²) in [5.74, 6) is 0.149. The molecule has 0 saturated heterocycles. The van der Waals surface area contributed by atoms with Crippen molar-refractivity contribution in [3.63, 3.8) is 0 Å². The second-order valence-corrected chi connectivity index (χ2v) is 5.04. The second-order valence-electron chi connectivity index (χ2n) is 5.04. The summed E-state index contributed by atoms with van der Waals surface area (Å²) in [5.41, 5.74) is 9.04. The summed E-state index contributed by atoms with van der Waals surface area (Å²) in [6.45, 7) is 3.83. The first-order valence-electron chi connectivity index (χ1n) is 7.33. The predicted octanol–water partition coefficient (Wildman–Crippen LogP) is 2.74. The Labute approximate surface area is 126 Å². The van der Waals surface area contributed by atoms with Crippen LogP contribution in [0.15, 0.2) is 54.6 Å². The van der Waals surface area contributed by atoms with Gasteiger partial charge in [0, 0.05) is 19.6 Å². The number of rotatable bonds is 6. The number of nitrogens with two attached hydrogens (primary N) is 1. The Morgan fingerprint density at radius 3 is 2.24 bits per heavy atom. The zero-order valence-electron chi connectivity index (χ0n) is 12.5. The van der Waals surface area contributed by atoms with E-state index in [-0.39, 0.29) is 5.91 Å². The molecule has 21 heavy (non-hydrogen) atoms. The van der Waals surface area contributed by atoms with Crippen LogP contribution in [-0.4, -0.2) is 17.4 Å². The van der Waals surface area contributed by atoms with Gasteiger partial charge in [0.2, 0.25) is 5.91 Å². The Hall–Kier alpha value is -2.13. The number of hydrogen-bond donors (Lipinski definition) is 1. The highest BCUT2D eigenvalue weighted by Crippen LogP contribution is 2.12. The quantitative estimate of drug-likeness (QED) is 0.885. The molecule has 0 aliphatic carbocycles. The zero-order valence-corrected chi connectivity index (χ0v) is 12.5. The summed E-state index contributed by atoms with van der Waals surface area (Å²) < 4.78 is 0. The molecule has 0 fully saturated rings. The van der Waals surface area contributed by atoms with Crippen molar-refractivity contribution in [2.75, 3.05) is 6.54 Å². The van der Waals surface area contributed by atoms with Crippen LogP contribution < -0.4 is 5.73 Å². The first kappa shape index (κ1) is 15.3. The zero-order chi connectivity index (χ0) is 15.1. The molecule has 0 unspecified atom stereocenters. The van der Waals surface area contributed by atoms with E-state index in [1.54, 1.807) is 0 Å². The standard InChI is InChI=1S/C18H22N2O/c1-2-20(14-17-11-7-6-10-16(17)13-19)18(21)12-15-8-4-3-5-9-15/h3-11H,2,12-14,19H2,1H3. The van der Waals surface area contributed by atoms with Gasteiger partial charge in [-0.25, -0.2) is 0 Å². The van der Waals surface area contributed by atoms with Crippen molar-refractivity contribution in [1.82, 2.24) is 4.90 Å². The van der Waals surface area contributed by atoms with E-state index < -0.39 is 0 Å². The van der Waals surface area contributed by atoms with Crippen molar-refractivity contribution in [2.24, 2.45) is 5.73 Å². The van der Waals surface area contributed by atoms with Crippen molar-refractivity contribution < 1.29 is 4.79 Å². The maximum atomic E-state index is 12.4. The topological polar surface area (TPSA) is 46.3 Å². The van der Waals surface area contributed by atoms with E-state index in [9.17, 15) is 4.79 Å². The molecule has 0 heterocycles. The van der Waals surface area contributed by atoms with Gasteiger partial charge in [-0.15, -0.1) is 0 Å². The third kappa shape index (κ3) is 4.17. The smallest absolute Gasteiger partial charge is 0.227 e. The van der Waals surface area contributed by atoms with Gasteiger partial charge in [-0.2, -0.15) is 0 Å². The summed E-state index contributed by atoms with van der Waals surface area (Å²) in [4.78, 5) is 14.3. The third-order valence-corrected chi connectivity index (χ3v) is 3.63. The number of nitrogens with zero attached hydrogens (tertiary/aromatic N) is 1. The molecule has 0 bridgehead atoms. The number of amides is 1. The minimum Gasteiger partial charge on any atom is -0.338 e. The summed E-state index contributed by atoms with van der Waals surface area (Å²) >= 11 is 0. The normalized spacial score (nSPS) is 10.4. The molecule has 0 aliphatic heterocycles. The molecule has 0 atom stereocenters. The molecule has 0 radical (unpaired) electrons. The van der Waals surface area contributed by atoms with E-state index in [2.05, 4.69) is 0 Å². The van der Waals surface area contributed by atoms with Crippen molar-refractivity contribution in [3.05, 3.63) is 71.3 Å². The second kappa shape index (κ2) is 7.60. The highest BCUT2D eigenvalue weighted by Gasteiger charge is 2.14. The van der Waals surface area contributed by atoms with Crippen molar-refractivity contribution in [2.45, 2.75) is 26.4 Å². The molecular formula is C18H22N2O. The van der Waals surface area contributed by atoms with Crippen LogP contribution in [0.2, 0.25) is 0 Å². The molecule has 2 rings (SSSR count). The van der Waals surface area contributed by atoms with E-state index in [1.165, 1.54) is 0 Å². The number of hydrogen-bond acceptors (Lipinski definition) is 2. The lowest BCUT2D eigenvalue weighted by molar-refractivity contribution is -0.130. The van der Waals surface area contributed by atoms with Crippen LogP contribution in [0, 0.1) is 0 Å². The lowest BCUT2D eigenvalue weighted by Crippen LogP contribution is -2.32. The van der Waals surface area contributed by atoms with E-state index in [0.717, 1.165) is 16.7 Å². The molecule has 0 saturated carbocycles. The van der Waals surface area contributed by atoms with Gasteiger partial charge in [0.15, 0.2) is 0 Å². The van der Waals surface area contributed by atoms with Crippen molar-refractivity contribution in [1.29, 1.82) is 0 Å². The summed E-state index contributed by atoms with van der Waals surface area (Å²) in [7, 11) is 0. The fraction of sp³-hybridized carbons (Fsp3) is 0.278. The highest BCUT2D eigenvalue weighted by molar-refractivity contribution is 5.78. The van der Waals surface area contributed by atoms with Crippen LogP contribution in [-0.2, 0) is 24.3 Å². The van der Waals surface area contributed by atoms with Crippen LogP contribution in [0.4, 0.5) is 0 Å². The Bertz CT molecular complexity index is 581. The molecule has 2 aromatic carbocycles. The summed E-state index contributed by atoms with van der Waals surface area (Å²) in [5, 5.41) is 0. The average molecular weight is 282 g/mol. The Balaban J connectivity index is 2.07. The van der Waals surface area contributed by atoms with E-state index in [4.69, 9.17) is 5.73 Å². The fourth-order valence-electron chi connectivity index (χ4n) is 2.38. The van der Waals surface area contributed by atoms with Crippen LogP contribution in [0.25, 0.3) is 0 Å². The Kier molecular flexibility index (Phi) is 5.52. The number of carbonyl (C=O) groups excluding carboxylic acids is 1. The van der Waals surface area contributed by atoms with Crippen LogP contribution >= 0.6 is 0 Å². The lowest BCUT2D eigenvalue weighted by atomic mass is 10.1. The predicted molar refractivity (Wildman–Crippen MR) is 85.6 cm³/mol. The van der Waals surface area contributed by atoms with Crippen LogP contribution in [0.1, 0.15) is 23.6 Å². The molecule has 3 heteroatoms. The van der Waals surface area contributed by atoms with E-state index >= 15 is 0 Å². The molecule has 2 N–H and O–H groups in total. The van der Waals surface area contributed by atoms with Gasteiger partial charge in [-0.3, -0.25) is 4.79 Å².